The van der Waals surface area contributed by atoms with Gasteiger partial charge in [-0.25, -0.2) is 4.98 Å². The van der Waals surface area contributed by atoms with Gasteiger partial charge in [-0.05, 0) is 24.1 Å². The van der Waals surface area contributed by atoms with Crippen molar-refractivity contribution in [3.05, 3.63) is 60.2 Å². The van der Waals surface area contributed by atoms with Crippen LogP contribution in [0.2, 0.25) is 0 Å². The van der Waals surface area contributed by atoms with Crippen molar-refractivity contribution >= 4 is 17.0 Å². The maximum absolute atomic E-state index is 10.4. The number of anilines is 1. The zero-order valence-electron chi connectivity index (χ0n) is 12.9. The molecule has 0 aliphatic rings. The van der Waals surface area contributed by atoms with Crippen molar-refractivity contribution in [3.8, 4) is 0 Å². The minimum Gasteiger partial charge on any atom is -0.395 e. The van der Waals surface area contributed by atoms with Crippen LogP contribution in [0.3, 0.4) is 0 Å². The zero-order chi connectivity index (χ0) is 16.1. The molecule has 3 rings (SSSR count). The van der Waals surface area contributed by atoms with E-state index in [1.165, 1.54) is 0 Å². The average molecular weight is 311 g/mol. The first-order chi connectivity index (χ1) is 11.3. The quantitative estimate of drug-likeness (QED) is 0.627. The Labute approximate surface area is 135 Å². The first-order valence-electron chi connectivity index (χ1n) is 7.82. The van der Waals surface area contributed by atoms with Gasteiger partial charge in [-0.15, -0.1) is 0 Å². The summed E-state index contributed by atoms with van der Waals surface area (Å²) in [6.45, 7) is 1.14. The van der Waals surface area contributed by atoms with Crippen molar-refractivity contribution in [2.45, 2.75) is 19.1 Å². The molecule has 0 spiro atoms. The molecule has 0 bridgehead atoms. The minimum absolute atomic E-state index is 0.0514. The molecule has 3 N–H and O–H groups in total. The molecule has 0 amide bonds. The van der Waals surface area contributed by atoms with Gasteiger partial charge in [-0.2, -0.15) is 0 Å². The van der Waals surface area contributed by atoms with Gasteiger partial charge in [-0.3, -0.25) is 0 Å². The number of aromatic nitrogens is 2. The summed E-state index contributed by atoms with van der Waals surface area (Å²) in [7, 11) is 0. The van der Waals surface area contributed by atoms with Gasteiger partial charge < -0.3 is 20.1 Å². The highest BCUT2D eigenvalue weighted by atomic mass is 16.3. The molecular formula is C18H21N3O2. The molecule has 3 aromatic rings. The summed E-state index contributed by atoms with van der Waals surface area (Å²) in [5.74, 6) is 0.723. The van der Waals surface area contributed by atoms with Crippen LogP contribution in [0, 0.1) is 0 Å². The molecular weight excluding hydrogens is 290 g/mol. The summed E-state index contributed by atoms with van der Waals surface area (Å²) >= 11 is 0. The van der Waals surface area contributed by atoms with E-state index in [1.807, 2.05) is 54.6 Å². The largest absolute Gasteiger partial charge is 0.395 e. The molecule has 23 heavy (non-hydrogen) atoms. The van der Waals surface area contributed by atoms with Gasteiger partial charge in [0.2, 0.25) is 5.95 Å². The van der Waals surface area contributed by atoms with Crippen LogP contribution >= 0.6 is 0 Å². The number of nitrogens with one attached hydrogen (secondary N) is 1. The molecule has 1 aromatic heterocycles. The highest BCUT2D eigenvalue weighted by Gasteiger charge is 2.13. The number of aliphatic hydroxyl groups excluding tert-OH is 2. The summed E-state index contributed by atoms with van der Waals surface area (Å²) in [4.78, 5) is 4.56. The molecule has 5 heteroatoms. The van der Waals surface area contributed by atoms with Crippen molar-refractivity contribution in [3.63, 3.8) is 0 Å². The lowest BCUT2D eigenvalue weighted by molar-refractivity contribution is 0.162. The SMILES string of the molecule is OCCNc1nc2ccccc2n1CC[C@@H](O)c1ccccc1. The van der Waals surface area contributed by atoms with Gasteiger partial charge in [0.05, 0.1) is 23.7 Å². The first-order valence-corrected chi connectivity index (χ1v) is 7.82. The van der Waals surface area contributed by atoms with Gasteiger partial charge in [-0.1, -0.05) is 42.5 Å². The van der Waals surface area contributed by atoms with Gasteiger partial charge in [0.25, 0.3) is 0 Å². The smallest absolute Gasteiger partial charge is 0.203 e. The van der Waals surface area contributed by atoms with Crippen molar-refractivity contribution < 1.29 is 10.2 Å². The van der Waals surface area contributed by atoms with Crippen molar-refractivity contribution in [2.24, 2.45) is 0 Å². The Bertz CT molecular complexity index is 755. The molecule has 0 aliphatic heterocycles. The van der Waals surface area contributed by atoms with Crippen molar-refractivity contribution in [1.29, 1.82) is 0 Å². The monoisotopic (exact) mass is 311 g/mol. The van der Waals surface area contributed by atoms with Gasteiger partial charge in [0.1, 0.15) is 0 Å². The molecule has 0 aliphatic carbocycles. The number of aryl methyl sites for hydroxylation is 1. The van der Waals surface area contributed by atoms with Crippen LogP contribution in [0.1, 0.15) is 18.1 Å². The normalized spacial score (nSPS) is 12.4. The van der Waals surface area contributed by atoms with Gasteiger partial charge >= 0.3 is 0 Å². The second-order valence-electron chi connectivity index (χ2n) is 5.44. The van der Waals surface area contributed by atoms with Gasteiger partial charge in [0, 0.05) is 13.1 Å². The minimum atomic E-state index is -0.511. The fourth-order valence-electron chi connectivity index (χ4n) is 2.70. The number of hydrogen-bond donors (Lipinski definition) is 3. The third kappa shape index (κ3) is 3.52. The van der Waals surface area contributed by atoms with E-state index in [1.54, 1.807) is 0 Å². The predicted molar refractivity (Wildman–Crippen MR) is 91.3 cm³/mol. The Balaban J connectivity index is 1.80. The summed E-state index contributed by atoms with van der Waals surface area (Å²) < 4.78 is 2.05. The lowest BCUT2D eigenvalue weighted by Crippen LogP contribution is -2.12. The third-order valence-corrected chi connectivity index (χ3v) is 3.86. The summed E-state index contributed by atoms with van der Waals surface area (Å²) in [6.07, 6.45) is 0.0843. The number of para-hydroxylation sites is 2. The Morgan fingerprint density at radius 1 is 1.04 bits per heavy atom. The van der Waals surface area contributed by atoms with Crippen molar-refractivity contribution in [2.75, 3.05) is 18.5 Å². The number of rotatable bonds is 7. The molecule has 5 nitrogen and oxygen atoms in total. The molecule has 1 atom stereocenters. The standard InChI is InChI=1S/C18H21N3O2/c22-13-11-19-18-20-15-8-4-5-9-16(15)21(18)12-10-17(23)14-6-2-1-3-7-14/h1-9,17,22-23H,10-13H2,(H,19,20)/t17-/m1/s1. The van der Waals surface area contributed by atoms with E-state index < -0.39 is 6.10 Å². The van der Waals surface area contributed by atoms with E-state index in [4.69, 9.17) is 5.11 Å². The fourth-order valence-corrected chi connectivity index (χ4v) is 2.70. The Morgan fingerprint density at radius 2 is 1.78 bits per heavy atom. The highest BCUT2D eigenvalue weighted by Crippen LogP contribution is 2.23. The second kappa shape index (κ2) is 7.26. The van der Waals surface area contributed by atoms with E-state index in [9.17, 15) is 5.11 Å². The number of nitrogens with zero attached hydrogens (tertiary/aromatic N) is 2. The fraction of sp³-hybridized carbons (Fsp3) is 0.278. The van der Waals surface area contributed by atoms with Crippen LogP contribution in [-0.4, -0.2) is 32.9 Å². The van der Waals surface area contributed by atoms with E-state index in [-0.39, 0.29) is 6.61 Å². The summed E-state index contributed by atoms with van der Waals surface area (Å²) in [5, 5.41) is 22.5. The van der Waals surface area contributed by atoms with Crippen LogP contribution in [-0.2, 0) is 6.54 Å². The molecule has 120 valence electrons. The molecule has 0 radical (unpaired) electrons. The summed E-state index contributed by atoms with van der Waals surface area (Å²) in [6, 6.07) is 17.6. The molecule has 0 unspecified atom stereocenters. The number of benzene rings is 2. The predicted octanol–water partition coefficient (Wildman–Crippen LogP) is 2.56. The maximum atomic E-state index is 10.4. The van der Waals surface area contributed by atoms with Crippen molar-refractivity contribution in [1.82, 2.24) is 9.55 Å². The summed E-state index contributed by atoms with van der Waals surface area (Å²) in [5.41, 5.74) is 2.84. The first kappa shape index (κ1) is 15.5. The Morgan fingerprint density at radius 3 is 2.57 bits per heavy atom. The zero-order valence-corrected chi connectivity index (χ0v) is 12.9. The lowest BCUT2D eigenvalue weighted by Gasteiger charge is -2.14. The number of hydrogen-bond acceptors (Lipinski definition) is 4. The average Bonchev–Trinajstić information content (AvgIpc) is 2.96. The second-order valence-corrected chi connectivity index (χ2v) is 5.44. The topological polar surface area (TPSA) is 70.3 Å². The molecule has 0 fully saturated rings. The number of fused-ring (bicyclic) bond motifs is 1. The van der Waals surface area contributed by atoms with Crippen LogP contribution in [0.4, 0.5) is 5.95 Å². The maximum Gasteiger partial charge on any atom is 0.203 e. The van der Waals surface area contributed by atoms with Crippen LogP contribution in [0.5, 0.6) is 0 Å². The van der Waals surface area contributed by atoms with E-state index in [0.29, 0.717) is 19.5 Å². The molecule has 0 saturated carbocycles. The third-order valence-electron chi connectivity index (χ3n) is 3.86. The highest BCUT2D eigenvalue weighted by molar-refractivity contribution is 5.78. The Kier molecular flexibility index (Phi) is 4.90. The lowest BCUT2D eigenvalue weighted by atomic mass is 10.1. The van der Waals surface area contributed by atoms with E-state index >= 15 is 0 Å². The van der Waals surface area contributed by atoms with Crippen LogP contribution in [0.25, 0.3) is 11.0 Å². The van der Waals surface area contributed by atoms with E-state index in [0.717, 1.165) is 22.5 Å². The molecule has 0 saturated heterocycles. The number of aliphatic hydroxyl groups is 2. The van der Waals surface area contributed by atoms with Crippen LogP contribution in [0.15, 0.2) is 54.6 Å². The van der Waals surface area contributed by atoms with E-state index in [2.05, 4.69) is 14.9 Å². The van der Waals surface area contributed by atoms with Gasteiger partial charge in [0.15, 0.2) is 0 Å². The molecule has 2 aromatic carbocycles. The number of imidazole rings is 1. The Hall–Kier alpha value is -2.37. The molecule has 1 heterocycles. The van der Waals surface area contributed by atoms with Crippen LogP contribution < -0.4 is 5.32 Å².